The number of likely N-dealkylation sites (tertiary alicyclic amines) is 1. The third kappa shape index (κ3) is 1.56. The molecule has 0 bridgehead atoms. The minimum Gasteiger partial charge on any atom is -0.338 e. The Labute approximate surface area is 77.0 Å². The van der Waals surface area contributed by atoms with Gasteiger partial charge in [-0.25, -0.2) is 4.98 Å². The zero-order valence-electron chi connectivity index (χ0n) is 7.71. The number of aromatic nitrogens is 2. The molecule has 1 N–H and O–H groups in total. The van der Waals surface area contributed by atoms with Crippen LogP contribution in [0.2, 0.25) is 0 Å². The number of amides is 1. The normalized spacial score (nSPS) is 16.5. The first-order chi connectivity index (χ1) is 6.27. The number of H-pyrrole nitrogens is 1. The molecule has 4 heteroatoms. The molecule has 4 nitrogen and oxygen atoms in total. The Morgan fingerprint density at radius 3 is 2.77 bits per heavy atom. The molecule has 2 heterocycles. The molecule has 1 amide bonds. The van der Waals surface area contributed by atoms with Gasteiger partial charge in [-0.2, -0.15) is 0 Å². The lowest BCUT2D eigenvalue weighted by Crippen LogP contribution is -2.27. The number of hydrogen-bond acceptors (Lipinski definition) is 2. The predicted octanol–water partition coefficient (Wildman–Crippen LogP) is 0.954. The molecule has 0 unspecified atom stereocenters. The maximum atomic E-state index is 11.7. The summed E-state index contributed by atoms with van der Waals surface area (Å²) in [6.45, 7) is 3.62. The summed E-state index contributed by atoms with van der Waals surface area (Å²) in [5, 5.41) is 0. The largest absolute Gasteiger partial charge is 0.338 e. The first kappa shape index (κ1) is 8.29. The SMILES string of the molecule is Cc1ncc(C(=O)N2CCCC2)[nH]1. The van der Waals surface area contributed by atoms with Gasteiger partial charge in [0.1, 0.15) is 11.5 Å². The Kier molecular flexibility index (Phi) is 2.04. The van der Waals surface area contributed by atoms with Crippen molar-refractivity contribution < 1.29 is 4.79 Å². The van der Waals surface area contributed by atoms with E-state index in [9.17, 15) is 4.79 Å². The maximum absolute atomic E-state index is 11.7. The number of aryl methyl sites for hydroxylation is 1. The van der Waals surface area contributed by atoms with Crippen LogP contribution >= 0.6 is 0 Å². The third-order valence-electron chi connectivity index (χ3n) is 2.33. The Morgan fingerprint density at radius 2 is 2.23 bits per heavy atom. The highest BCUT2D eigenvalue weighted by Crippen LogP contribution is 2.11. The van der Waals surface area contributed by atoms with Gasteiger partial charge in [0.15, 0.2) is 0 Å². The molecule has 1 fully saturated rings. The van der Waals surface area contributed by atoms with Gasteiger partial charge >= 0.3 is 0 Å². The molecule has 1 aliphatic heterocycles. The van der Waals surface area contributed by atoms with Gasteiger partial charge in [-0.3, -0.25) is 4.79 Å². The van der Waals surface area contributed by atoms with Crippen LogP contribution in [0.4, 0.5) is 0 Å². The number of carbonyl (C=O) groups is 1. The summed E-state index contributed by atoms with van der Waals surface area (Å²) < 4.78 is 0. The van der Waals surface area contributed by atoms with Crippen molar-refractivity contribution in [3.63, 3.8) is 0 Å². The molecule has 0 aromatic carbocycles. The Bertz CT molecular complexity index is 312. The molecule has 0 saturated carbocycles. The number of nitrogens with zero attached hydrogens (tertiary/aromatic N) is 2. The number of hydrogen-bond donors (Lipinski definition) is 1. The van der Waals surface area contributed by atoms with Gasteiger partial charge in [0, 0.05) is 13.1 Å². The van der Waals surface area contributed by atoms with E-state index in [0.29, 0.717) is 5.69 Å². The summed E-state index contributed by atoms with van der Waals surface area (Å²) in [6.07, 6.45) is 3.85. The quantitative estimate of drug-likeness (QED) is 0.697. The highest BCUT2D eigenvalue weighted by Gasteiger charge is 2.20. The van der Waals surface area contributed by atoms with Gasteiger partial charge in [-0.1, -0.05) is 0 Å². The average molecular weight is 179 g/mol. The van der Waals surface area contributed by atoms with Crippen LogP contribution in [0.25, 0.3) is 0 Å². The zero-order chi connectivity index (χ0) is 9.26. The van der Waals surface area contributed by atoms with Crippen molar-refractivity contribution >= 4 is 5.91 Å². The van der Waals surface area contributed by atoms with E-state index in [-0.39, 0.29) is 5.91 Å². The van der Waals surface area contributed by atoms with Crippen LogP contribution in [-0.2, 0) is 0 Å². The fraction of sp³-hybridized carbons (Fsp3) is 0.556. The lowest BCUT2D eigenvalue weighted by atomic mass is 10.4. The summed E-state index contributed by atoms with van der Waals surface area (Å²) >= 11 is 0. The van der Waals surface area contributed by atoms with Gasteiger partial charge in [0.05, 0.1) is 6.20 Å². The predicted molar refractivity (Wildman–Crippen MR) is 48.5 cm³/mol. The number of carbonyl (C=O) groups excluding carboxylic acids is 1. The van der Waals surface area contributed by atoms with Crippen LogP contribution in [0, 0.1) is 6.92 Å². The minimum atomic E-state index is 0.0816. The molecule has 1 aliphatic rings. The molecule has 2 rings (SSSR count). The number of imidazole rings is 1. The van der Waals surface area contributed by atoms with E-state index in [1.54, 1.807) is 6.20 Å². The third-order valence-corrected chi connectivity index (χ3v) is 2.33. The lowest BCUT2D eigenvalue weighted by Gasteiger charge is -2.12. The summed E-state index contributed by atoms with van der Waals surface area (Å²) in [5.74, 6) is 0.876. The van der Waals surface area contributed by atoms with E-state index in [2.05, 4.69) is 9.97 Å². The molecular weight excluding hydrogens is 166 g/mol. The Morgan fingerprint density at radius 1 is 1.54 bits per heavy atom. The first-order valence-corrected chi connectivity index (χ1v) is 4.58. The number of aromatic amines is 1. The highest BCUT2D eigenvalue weighted by atomic mass is 16.2. The molecule has 1 aromatic heterocycles. The molecule has 0 atom stereocenters. The second kappa shape index (κ2) is 3.20. The second-order valence-electron chi connectivity index (χ2n) is 3.38. The first-order valence-electron chi connectivity index (χ1n) is 4.58. The summed E-state index contributed by atoms with van der Waals surface area (Å²) in [7, 11) is 0. The van der Waals surface area contributed by atoms with E-state index in [0.717, 1.165) is 31.8 Å². The molecule has 70 valence electrons. The van der Waals surface area contributed by atoms with Crippen molar-refractivity contribution in [2.24, 2.45) is 0 Å². The van der Waals surface area contributed by atoms with Crippen LogP contribution in [-0.4, -0.2) is 33.9 Å². The van der Waals surface area contributed by atoms with Crippen LogP contribution in [0.1, 0.15) is 29.2 Å². The van der Waals surface area contributed by atoms with Crippen molar-refractivity contribution in [3.05, 3.63) is 17.7 Å². The van der Waals surface area contributed by atoms with E-state index in [1.807, 2.05) is 11.8 Å². The number of rotatable bonds is 1. The highest BCUT2D eigenvalue weighted by molar-refractivity contribution is 5.92. The monoisotopic (exact) mass is 179 g/mol. The van der Waals surface area contributed by atoms with Crippen LogP contribution in [0.3, 0.4) is 0 Å². The minimum absolute atomic E-state index is 0.0816. The topological polar surface area (TPSA) is 49.0 Å². The molecule has 0 aliphatic carbocycles. The molecule has 0 spiro atoms. The Hall–Kier alpha value is -1.32. The van der Waals surface area contributed by atoms with E-state index < -0.39 is 0 Å². The lowest BCUT2D eigenvalue weighted by molar-refractivity contribution is 0.0787. The van der Waals surface area contributed by atoms with Gasteiger partial charge in [-0.05, 0) is 19.8 Å². The van der Waals surface area contributed by atoms with Crippen LogP contribution in [0.5, 0.6) is 0 Å². The fourth-order valence-electron chi connectivity index (χ4n) is 1.62. The second-order valence-corrected chi connectivity index (χ2v) is 3.38. The van der Waals surface area contributed by atoms with E-state index >= 15 is 0 Å². The summed E-state index contributed by atoms with van der Waals surface area (Å²) in [6, 6.07) is 0. The summed E-state index contributed by atoms with van der Waals surface area (Å²) in [4.78, 5) is 20.5. The molecule has 0 radical (unpaired) electrons. The number of nitrogens with one attached hydrogen (secondary N) is 1. The van der Waals surface area contributed by atoms with Crippen molar-refractivity contribution in [1.29, 1.82) is 0 Å². The van der Waals surface area contributed by atoms with Crippen molar-refractivity contribution in [1.82, 2.24) is 14.9 Å². The van der Waals surface area contributed by atoms with Crippen molar-refractivity contribution in [2.75, 3.05) is 13.1 Å². The van der Waals surface area contributed by atoms with Gasteiger partial charge in [0.2, 0.25) is 0 Å². The average Bonchev–Trinajstić information content (AvgIpc) is 2.72. The van der Waals surface area contributed by atoms with E-state index in [4.69, 9.17) is 0 Å². The molecule has 1 aromatic rings. The Balaban J connectivity index is 2.12. The molecule has 13 heavy (non-hydrogen) atoms. The molecular formula is C9H13N3O. The maximum Gasteiger partial charge on any atom is 0.271 e. The van der Waals surface area contributed by atoms with E-state index in [1.165, 1.54) is 0 Å². The fourth-order valence-corrected chi connectivity index (χ4v) is 1.62. The van der Waals surface area contributed by atoms with Gasteiger partial charge in [0.25, 0.3) is 5.91 Å². The van der Waals surface area contributed by atoms with Crippen LogP contribution < -0.4 is 0 Å². The summed E-state index contributed by atoms with van der Waals surface area (Å²) in [5.41, 5.74) is 0.611. The zero-order valence-corrected chi connectivity index (χ0v) is 7.71. The van der Waals surface area contributed by atoms with Crippen molar-refractivity contribution in [3.8, 4) is 0 Å². The van der Waals surface area contributed by atoms with Crippen molar-refractivity contribution in [2.45, 2.75) is 19.8 Å². The standard InChI is InChI=1S/C9H13N3O/c1-7-10-6-8(11-7)9(13)12-4-2-3-5-12/h6H,2-5H2,1H3,(H,10,11). The molecule has 1 saturated heterocycles. The van der Waals surface area contributed by atoms with Crippen LogP contribution in [0.15, 0.2) is 6.20 Å². The smallest absolute Gasteiger partial charge is 0.271 e. The van der Waals surface area contributed by atoms with Gasteiger partial charge in [-0.15, -0.1) is 0 Å². The van der Waals surface area contributed by atoms with Gasteiger partial charge < -0.3 is 9.88 Å².